The standard InChI is InChI=1S/C16H19BrO/c1-2-3-4-5-10-18-16-9-7-13-6-8-15(17)11-14(13)12-16/h6-9,11-12H,2-5,10H2,1H3. The molecule has 0 aliphatic heterocycles. The van der Waals surface area contributed by atoms with Crippen molar-refractivity contribution in [3.05, 3.63) is 40.9 Å². The summed E-state index contributed by atoms with van der Waals surface area (Å²) in [6.07, 6.45) is 4.97. The molecule has 2 heteroatoms. The number of fused-ring (bicyclic) bond motifs is 1. The number of halogens is 1. The Morgan fingerprint density at radius 1 is 0.944 bits per heavy atom. The van der Waals surface area contributed by atoms with E-state index in [-0.39, 0.29) is 0 Å². The quantitative estimate of drug-likeness (QED) is 0.635. The normalized spacial score (nSPS) is 10.8. The van der Waals surface area contributed by atoms with Crippen LogP contribution in [0.3, 0.4) is 0 Å². The lowest BCUT2D eigenvalue weighted by molar-refractivity contribution is 0.305. The van der Waals surface area contributed by atoms with Crippen molar-refractivity contribution in [1.82, 2.24) is 0 Å². The van der Waals surface area contributed by atoms with Gasteiger partial charge in [-0.3, -0.25) is 0 Å². The fourth-order valence-electron chi connectivity index (χ4n) is 2.00. The van der Waals surface area contributed by atoms with E-state index in [0.29, 0.717) is 0 Å². The van der Waals surface area contributed by atoms with Gasteiger partial charge in [-0.1, -0.05) is 54.2 Å². The van der Waals surface area contributed by atoms with Crippen LogP contribution in [0.1, 0.15) is 32.6 Å². The van der Waals surface area contributed by atoms with E-state index in [4.69, 9.17) is 4.74 Å². The van der Waals surface area contributed by atoms with Crippen molar-refractivity contribution in [2.75, 3.05) is 6.61 Å². The van der Waals surface area contributed by atoms with Crippen LogP contribution in [-0.4, -0.2) is 6.61 Å². The second-order valence-electron chi connectivity index (χ2n) is 4.56. The first-order chi connectivity index (χ1) is 8.79. The van der Waals surface area contributed by atoms with Gasteiger partial charge < -0.3 is 4.74 Å². The molecule has 0 atom stereocenters. The zero-order valence-electron chi connectivity index (χ0n) is 10.8. The molecule has 2 rings (SSSR count). The Hall–Kier alpha value is -1.02. The Bertz CT molecular complexity index is 507. The fraction of sp³-hybridized carbons (Fsp3) is 0.375. The summed E-state index contributed by atoms with van der Waals surface area (Å²) in [5.41, 5.74) is 0. The molecule has 0 aromatic heterocycles. The van der Waals surface area contributed by atoms with Crippen LogP contribution in [0.4, 0.5) is 0 Å². The van der Waals surface area contributed by atoms with Crippen LogP contribution in [0.2, 0.25) is 0 Å². The molecule has 96 valence electrons. The van der Waals surface area contributed by atoms with Crippen molar-refractivity contribution in [2.24, 2.45) is 0 Å². The maximum atomic E-state index is 5.79. The zero-order valence-corrected chi connectivity index (χ0v) is 12.4. The summed E-state index contributed by atoms with van der Waals surface area (Å²) in [6, 6.07) is 12.6. The van der Waals surface area contributed by atoms with Gasteiger partial charge in [0, 0.05) is 4.47 Å². The third-order valence-electron chi connectivity index (χ3n) is 3.04. The minimum absolute atomic E-state index is 0.819. The maximum absolute atomic E-state index is 5.79. The summed E-state index contributed by atoms with van der Waals surface area (Å²) in [6.45, 7) is 3.04. The predicted molar refractivity (Wildman–Crippen MR) is 81.3 cm³/mol. The molecule has 0 radical (unpaired) electrons. The van der Waals surface area contributed by atoms with E-state index in [1.54, 1.807) is 0 Å². The van der Waals surface area contributed by atoms with Gasteiger partial charge in [0.2, 0.25) is 0 Å². The predicted octanol–water partition coefficient (Wildman–Crippen LogP) is 5.56. The minimum Gasteiger partial charge on any atom is -0.494 e. The van der Waals surface area contributed by atoms with Gasteiger partial charge in [0.25, 0.3) is 0 Å². The maximum Gasteiger partial charge on any atom is 0.119 e. The average molecular weight is 307 g/mol. The van der Waals surface area contributed by atoms with Crippen molar-refractivity contribution in [1.29, 1.82) is 0 Å². The molecule has 0 unspecified atom stereocenters. The molecule has 18 heavy (non-hydrogen) atoms. The SMILES string of the molecule is CCCCCCOc1ccc2ccc(Br)cc2c1. The van der Waals surface area contributed by atoms with E-state index < -0.39 is 0 Å². The van der Waals surface area contributed by atoms with Gasteiger partial charge >= 0.3 is 0 Å². The van der Waals surface area contributed by atoms with Crippen LogP contribution < -0.4 is 4.74 Å². The van der Waals surface area contributed by atoms with Crippen molar-refractivity contribution >= 4 is 26.7 Å². The largest absolute Gasteiger partial charge is 0.494 e. The van der Waals surface area contributed by atoms with Gasteiger partial charge in [0.1, 0.15) is 5.75 Å². The number of hydrogen-bond acceptors (Lipinski definition) is 1. The summed E-state index contributed by atoms with van der Waals surface area (Å²) in [5, 5.41) is 2.46. The molecule has 0 bridgehead atoms. The van der Waals surface area contributed by atoms with Crippen LogP contribution in [0.15, 0.2) is 40.9 Å². The summed E-state index contributed by atoms with van der Waals surface area (Å²) < 4.78 is 6.89. The van der Waals surface area contributed by atoms with Crippen molar-refractivity contribution in [3.8, 4) is 5.75 Å². The molecule has 0 saturated heterocycles. The van der Waals surface area contributed by atoms with Gasteiger partial charge in [-0.25, -0.2) is 0 Å². The van der Waals surface area contributed by atoms with Crippen molar-refractivity contribution in [3.63, 3.8) is 0 Å². The van der Waals surface area contributed by atoms with Gasteiger partial charge in [-0.05, 0) is 41.5 Å². The molecule has 1 nitrogen and oxygen atoms in total. The molecule has 0 heterocycles. The summed E-state index contributed by atoms with van der Waals surface area (Å²) in [7, 11) is 0. The highest BCUT2D eigenvalue weighted by Crippen LogP contribution is 2.24. The fourth-order valence-corrected chi connectivity index (χ4v) is 2.38. The molecular formula is C16H19BrO. The van der Waals surface area contributed by atoms with Crippen LogP contribution in [0, 0.1) is 0 Å². The summed E-state index contributed by atoms with van der Waals surface area (Å²) in [5.74, 6) is 0.970. The highest BCUT2D eigenvalue weighted by atomic mass is 79.9. The van der Waals surface area contributed by atoms with E-state index in [1.165, 1.54) is 30.0 Å². The lowest BCUT2D eigenvalue weighted by Crippen LogP contribution is -1.96. The molecule has 0 saturated carbocycles. The molecule has 0 fully saturated rings. The molecule has 0 aliphatic carbocycles. The van der Waals surface area contributed by atoms with E-state index in [9.17, 15) is 0 Å². The molecule has 2 aromatic rings. The topological polar surface area (TPSA) is 9.23 Å². The molecule has 0 amide bonds. The number of unbranched alkanes of at least 4 members (excludes halogenated alkanes) is 3. The molecule has 0 spiro atoms. The smallest absolute Gasteiger partial charge is 0.119 e. The molecule has 2 aromatic carbocycles. The van der Waals surface area contributed by atoms with Crippen LogP contribution in [-0.2, 0) is 0 Å². The lowest BCUT2D eigenvalue weighted by atomic mass is 10.1. The number of ether oxygens (including phenoxy) is 1. The summed E-state index contributed by atoms with van der Waals surface area (Å²) in [4.78, 5) is 0. The highest BCUT2D eigenvalue weighted by Gasteiger charge is 1.98. The van der Waals surface area contributed by atoms with Crippen LogP contribution in [0.5, 0.6) is 5.75 Å². The lowest BCUT2D eigenvalue weighted by Gasteiger charge is -2.07. The Balaban J connectivity index is 1.97. The third kappa shape index (κ3) is 3.74. The van der Waals surface area contributed by atoms with Gasteiger partial charge in [-0.15, -0.1) is 0 Å². The minimum atomic E-state index is 0.819. The monoisotopic (exact) mass is 306 g/mol. The second kappa shape index (κ2) is 6.79. The Kier molecular flexibility index (Phi) is 5.06. The van der Waals surface area contributed by atoms with Crippen molar-refractivity contribution < 1.29 is 4.74 Å². The first-order valence-corrected chi connectivity index (χ1v) is 7.41. The molecular weight excluding hydrogens is 288 g/mol. The Morgan fingerprint density at radius 3 is 2.61 bits per heavy atom. The second-order valence-corrected chi connectivity index (χ2v) is 5.48. The number of rotatable bonds is 6. The Morgan fingerprint density at radius 2 is 1.78 bits per heavy atom. The van der Waals surface area contributed by atoms with E-state index >= 15 is 0 Å². The van der Waals surface area contributed by atoms with Gasteiger partial charge in [-0.2, -0.15) is 0 Å². The van der Waals surface area contributed by atoms with Crippen molar-refractivity contribution in [2.45, 2.75) is 32.6 Å². The van der Waals surface area contributed by atoms with Gasteiger partial charge in [0.05, 0.1) is 6.61 Å². The average Bonchev–Trinajstić information content (AvgIpc) is 2.38. The first kappa shape index (κ1) is 13.4. The van der Waals surface area contributed by atoms with Crippen LogP contribution in [0.25, 0.3) is 10.8 Å². The van der Waals surface area contributed by atoms with E-state index in [0.717, 1.165) is 23.2 Å². The summed E-state index contributed by atoms with van der Waals surface area (Å²) >= 11 is 3.50. The third-order valence-corrected chi connectivity index (χ3v) is 3.53. The van der Waals surface area contributed by atoms with Crippen LogP contribution >= 0.6 is 15.9 Å². The van der Waals surface area contributed by atoms with E-state index in [2.05, 4.69) is 59.3 Å². The molecule has 0 aliphatic rings. The van der Waals surface area contributed by atoms with Gasteiger partial charge in [0.15, 0.2) is 0 Å². The molecule has 0 N–H and O–H groups in total. The Labute approximate surface area is 117 Å². The first-order valence-electron chi connectivity index (χ1n) is 6.61. The number of benzene rings is 2. The highest BCUT2D eigenvalue weighted by molar-refractivity contribution is 9.10. The van der Waals surface area contributed by atoms with E-state index in [1.807, 2.05) is 0 Å². The number of hydrogen-bond donors (Lipinski definition) is 0. The zero-order chi connectivity index (χ0) is 12.8.